The van der Waals surface area contributed by atoms with Crippen LogP contribution in [0.15, 0.2) is 0 Å². The van der Waals surface area contributed by atoms with E-state index in [0.29, 0.717) is 0 Å². The van der Waals surface area contributed by atoms with Gasteiger partial charge in [-0.05, 0) is 50.6 Å². The molecule has 0 aromatic carbocycles. The molecule has 1 heteroatoms. The number of rotatable bonds is 18. The molecule has 0 aliphatic rings. The Hall–Kier alpha value is -0.0400. The zero-order valence-electron chi connectivity index (χ0n) is 17.0. The van der Waals surface area contributed by atoms with E-state index in [1.807, 2.05) is 0 Å². The lowest BCUT2D eigenvalue weighted by atomic mass is 9.94. The van der Waals surface area contributed by atoms with Crippen molar-refractivity contribution >= 4 is 0 Å². The van der Waals surface area contributed by atoms with Crippen LogP contribution in [0.5, 0.6) is 0 Å². The van der Waals surface area contributed by atoms with E-state index < -0.39 is 0 Å². The van der Waals surface area contributed by atoms with Gasteiger partial charge in [-0.1, -0.05) is 91.9 Å². The summed E-state index contributed by atoms with van der Waals surface area (Å²) in [5.74, 6) is 1.83. The first-order valence-corrected chi connectivity index (χ1v) is 11.0. The molecule has 2 atom stereocenters. The minimum atomic E-state index is 0.916. The predicted molar refractivity (Wildman–Crippen MR) is 107 cm³/mol. The predicted octanol–water partition coefficient (Wildman–Crippen LogP) is 7.35. The van der Waals surface area contributed by atoms with Gasteiger partial charge in [0.1, 0.15) is 0 Å². The van der Waals surface area contributed by atoms with Crippen molar-refractivity contribution in [1.29, 1.82) is 0 Å². The van der Waals surface area contributed by atoms with Gasteiger partial charge in [0.2, 0.25) is 0 Å². The lowest BCUT2D eigenvalue weighted by Crippen LogP contribution is -2.28. The summed E-state index contributed by atoms with van der Waals surface area (Å²) in [6.07, 6.45) is 19.7. The molecule has 0 spiro atoms. The zero-order chi connectivity index (χ0) is 17.2. The second-order valence-electron chi connectivity index (χ2n) is 7.67. The molecular weight excluding hydrogens is 278 g/mol. The number of hydrogen-bond donors (Lipinski definition) is 1. The van der Waals surface area contributed by atoms with Gasteiger partial charge in [-0.15, -0.1) is 0 Å². The van der Waals surface area contributed by atoms with E-state index in [9.17, 15) is 0 Å². The highest BCUT2D eigenvalue weighted by Gasteiger charge is 2.11. The Labute approximate surface area is 148 Å². The molecule has 1 N–H and O–H groups in total. The summed E-state index contributed by atoms with van der Waals surface area (Å²) in [7, 11) is 0. The van der Waals surface area contributed by atoms with E-state index in [4.69, 9.17) is 0 Å². The molecular formula is C22H47N. The van der Waals surface area contributed by atoms with Crippen molar-refractivity contribution in [3.05, 3.63) is 0 Å². The van der Waals surface area contributed by atoms with E-state index in [2.05, 4.69) is 33.0 Å². The van der Waals surface area contributed by atoms with Crippen LogP contribution in [0.4, 0.5) is 0 Å². The molecule has 0 saturated carbocycles. The van der Waals surface area contributed by atoms with Crippen LogP contribution in [0.25, 0.3) is 0 Å². The second-order valence-corrected chi connectivity index (χ2v) is 7.67. The third kappa shape index (κ3) is 15.2. The van der Waals surface area contributed by atoms with E-state index in [1.54, 1.807) is 0 Å². The highest BCUT2D eigenvalue weighted by Crippen LogP contribution is 2.18. The maximum Gasteiger partial charge on any atom is -0.00204 e. The van der Waals surface area contributed by atoms with Crippen molar-refractivity contribution in [2.75, 3.05) is 13.1 Å². The summed E-state index contributed by atoms with van der Waals surface area (Å²) in [5, 5.41) is 3.84. The maximum atomic E-state index is 3.84. The van der Waals surface area contributed by atoms with Crippen LogP contribution in [0.1, 0.15) is 118 Å². The third-order valence-electron chi connectivity index (χ3n) is 5.19. The summed E-state index contributed by atoms with van der Waals surface area (Å²) in [5.41, 5.74) is 0. The molecule has 0 heterocycles. The van der Waals surface area contributed by atoms with Crippen molar-refractivity contribution < 1.29 is 0 Å². The van der Waals surface area contributed by atoms with E-state index in [-0.39, 0.29) is 0 Å². The second kappa shape index (κ2) is 18.3. The van der Waals surface area contributed by atoms with Crippen LogP contribution in [0.2, 0.25) is 0 Å². The fourth-order valence-corrected chi connectivity index (χ4v) is 3.72. The van der Waals surface area contributed by atoms with Gasteiger partial charge in [0, 0.05) is 0 Å². The smallest absolute Gasteiger partial charge is 0.00204 e. The van der Waals surface area contributed by atoms with Gasteiger partial charge >= 0.3 is 0 Å². The van der Waals surface area contributed by atoms with Gasteiger partial charge in [0.05, 0.1) is 0 Å². The summed E-state index contributed by atoms with van der Waals surface area (Å²) < 4.78 is 0. The van der Waals surface area contributed by atoms with E-state index in [0.717, 1.165) is 11.8 Å². The molecule has 0 bridgehead atoms. The topological polar surface area (TPSA) is 12.0 Å². The fourth-order valence-electron chi connectivity index (χ4n) is 3.72. The average Bonchev–Trinajstić information content (AvgIpc) is 2.55. The largest absolute Gasteiger partial charge is 0.316 e. The van der Waals surface area contributed by atoms with Crippen LogP contribution in [0, 0.1) is 11.8 Å². The van der Waals surface area contributed by atoms with Crippen molar-refractivity contribution in [2.45, 2.75) is 118 Å². The molecule has 1 nitrogen and oxygen atoms in total. The Morgan fingerprint density at radius 1 is 0.478 bits per heavy atom. The Bertz CT molecular complexity index is 192. The third-order valence-corrected chi connectivity index (χ3v) is 5.19. The molecule has 0 aliphatic heterocycles. The molecule has 0 aliphatic carbocycles. The molecule has 0 saturated heterocycles. The monoisotopic (exact) mass is 325 g/mol. The van der Waals surface area contributed by atoms with Gasteiger partial charge < -0.3 is 5.32 Å². The van der Waals surface area contributed by atoms with Crippen LogP contribution in [0.3, 0.4) is 0 Å². The first-order valence-electron chi connectivity index (χ1n) is 11.0. The van der Waals surface area contributed by atoms with Crippen molar-refractivity contribution in [1.82, 2.24) is 5.32 Å². The van der Waals surface area contributed by atoms with Crippen LogP contribution >= 0.6 is 0 Å². The first-order chi connectivity index (χ1) is 11.3. The number of hydrogen-bond acceptors (Lipinski definition) is 1. The summed E-state index contributed by atoms with van der Waals surface area (Å²) in [6.45, 7) is 11.8. The van der Waals surface area contributed by atoms with Gasteiger partial charge in [-0.2, -0.15) is 0 Å². The molecule has 0 fully saturated rings. The molecule has 140 valence electrons. The van der Waals surface area contributed by atoms with Crippen LogP contribution in [-0.4, -0.2) is 13.1 Å². The van der Waals surface area contributed by atoms with Gasteiger partial charge in [0.15, 0.2) is 0 Å². The number of unbranched alkanes of at least 4 members (excludes halogenated alkanes) is 6. The Morgan fingerprint density at radius 2 is 0.913 bits per heavy atom. The first kappa shape index (κ1) is 23.0. The lowest BCUT2D eigenvalue weighted by molar-refractivity contribution is 0.352. The maximum absolute atomic E-state index is 3.84. The normalized spacial score (nSPS) is 14.1. The molecule has 2 unspecified atom stereocenters. The zero-order valence-corrected chi connectivity index (χ0v) is 17.0. The summed E-state index contributed by atoms with van der Waals surface area (Å²) >= 11 is 0. The van der Waals surface area contributed by atoms with Crippen LogP contribution < -0.4 is 5.32 Å². The molecule has 0 amide bonds. The average molecular weight is 326 g/mol. The number of nitrogens with one attached hydrogen (secondary N) is 1. The standard InChI is InChI=1S/C22H47N/c1-5-9-11-13-17-21(15-7-3)19-23-20-22(16-8-4)18-14-12-10-6-2/h21-23H,5-20H2,1-4H3. The summed E-state index contributed by atoms with van der Waals surface area (Å²) in [4.78, 5) is 0. The van der Waals surface area contributed by atoms with Crippen molar-refractivity contribution in [3.63, 3.8) is 0 Å². The Morgan fingerprint density at radius 3 is 1.26 bits per heavy atom. The lowest BCUT2D eigenvalue weighted by Gasteiger charge is -2.21. The van der Waals surface area contributed by atoms with Crippen LogP contribution in [-0.2, 0) is 0 Å². The quantitative estimate of drug-likeness (QED) is 0.260. The van der Waals surface area contributed by atoms with Gasteiger partial charge in [-0.3, -0.25) is 0 Å². The van der Waals surface area contributed by atoms with Gasteiger partial charge in [-0.25, -0.2) is 0 Å². The SMILES string of the molecule is CCCCCCC(CCC)CNCC(CCC)CCCCCC. The minimum absolute atomic E-state index is 0.916. The van der Waals surface area contributed by atoms with E-state index >= 15 is 0 Å². The summed E-state index contributed by atoms with van der Waals surface area (Å²) in [6, 6.07) is 0. The molecule has 0 radical (unpaired) electrons. The van der Waals surface area contributed by atoms with Crippen molar-refractivity contribution in [2.24, 2.45) is 11.8 Å². The molecule has 23 heavy (non-hydrogen) atoms. The highest BCUT2D eigenvalue weighted by molar-refractivity contribution is 4.67. The van der Waals surface area contributed by atoms with E-state index in [1.165, 1.54) is 103 Å². The van der Waals surface area contributed by atoms with Gasteiger partial charge in [0.25, 0.3) is 0 Å². The molecule has 0 aromatic heterocycles. The highest BCUT2D eigenvalue weighted by atomic mass is 14.9. The fraction of sp³-hybridized carbons (Fsp3) is 1.00. The molecule has 0 aromatic rings. The minimum Gasteiger partial charge on any atom is -0.316 e. The molecule has 0 rings (SSSR count). The van der Waals surface area contributed by atoms with Crippen molar-refractivity contribution in [3.8, 4) is 0 Å². The Balaban J connectivity index is 3.89. The Kier molecular flexibility index (Phi) is 18.3.